The molecule has 1 aromatic heterocycles. The number of thiophene rings is 1. The third-order valence-electron chi connectivity index (χ3n) is 3.06. The summed E-state index contributed by atoms with van der Waals surface area (Å²) in [7, 11) is 0. The summed E-state index contributed by atoms with van der Waals surface area (Å²) >= 11 is 7.35. The molecule has 0 radical (unpaired) electrons. The second kappa shape index (κ2) is 6.93. The third-order valence-corrected chi connectivity index (χ3v) is 4.48. The first-order chi connectivity index (χ1) is 9.95. The van der Waals surface area contributed by atoms with Crippen molar-refractivity contribution in [3.05, 3.63) is 51.2 Å². The number of halogens is 1. The van der Waals surface area contributed by atoms with Crippen molar-refractivity contribution < 1.29 is 4.79 Å². The highest BCUT2D eigenvalue weighted by atomic mass is 35.5. The summed E-state index contributed by atoms with van der Waals surface area (Å²) in [6.07, 6.45) is 0. The molecule has 4 nitrogen and oxygen atoms in total. The van der Waals surface area contributed by atoms with Crippen LogP contribution in [0.1, 0.15) is 36.4 Å². The molecule has 2 atom stereocenters. The Morgan fingerprint density at radius 2 is 1.86 bits per heavy atom. The van der Waals surface area contributed by atoms with E-state index in [-0.39, 0.29) is 18.1 Å². The SMILES string of the molecule is CC(N)c1ccc(NC(=O)NC(C)c2ccc(Cl)s2)cc1. The standard InChI is InChI=1S/C15H18ClN3OS/c1-9(17)11-3-5-12(6-4-11)19-15(20)18-10(2)13-7-8-14(16)21-13/h3-10H,17H2,1-2H3,(H2,18,19,20). The van der Waals surface area contributed by atoms with Gasteiger partial charge < -0.3 is 16.4 Å². The van der Waals surface area contributed by atoms with Crippen molar-refractivity contribution in [1.82, 2.24) is 5.32 Å². The highest BCUT2D eigenvalue weighted by Crippen LogP contribution is 2.26. The summed E-state index contributed by atoms with van der Waals surface area (Å²) in [4.78, 5) is 13.0. The first-order valence-corrected chi connectivity index (χ1v) is 7.83. The third kappa shape index (κ3) is 4.46. The number of benzene rings is 1. The molecule has 0 fully saturated rings. The Kier molecular flexibility index (Phi) is 5.22. The summed E-state index contributed by atoms with van der Waals surface area (Å²) in [5.74, 6) is 0. The van der Waals surface area contributed by atoms with Gasteiger partial charge in [-0.1, -0.05) is 23.7 Å². The van der Waals surface area contributed by atoms with Crippen LogP contribution in [0.15, 0.2) is 36.4 Å². The maximum absolute atomic E-state index is 11.9. The summed E-state index contributed by atoms with van der Waals surface area (Å²) in [5.41, 5.74) is 7.55. The van der Waals surface area contributed by atoms with Gasteiger partial charge in [0.1, 0.15) is 0 Å². The minimum Gasteiger partial charge on any atom is -0.331 e. The predicted octanol–water partition coefficient (Wildman–Crippen LogP) is 4.30. The van der Waals surface area contributed by atoms with E-state index in [1.54, 1.807) is 0 Å². The maximum atomic E-state index is 11.9. The van der Waals surface area contributed by atoms with Gasteiger partial charge in [0.25, 0.3) is 0 Å². The molecule has 0 saturated heterocycles. The topological polar surface area (TPSA) is 67.1 Å². The van der Waals surface area contributed by atoms with E-state index in [0.717, 1.165) is 16.1 Å². The van der Waals surface area contributed by atoms with Crippen LogP contribution in [0, 0.1) is 0 Å². The molecule has 0 aliphatic carbocycles. The van der Waals surface area contributed by atoms with Crippen molar-refractivity contribution in [1.29, 1.82) is 0 Å². The fourth-order valence-electron chi connectivity index (χ4n) is 1.87. The zero-order chi connectivity index (χ0) is 15.4. The molecule has 0 bridgehead atoms. The summed E-state index contributed by atoms with van der Waals surface area (Å²) < 4.78 is 0.713. The molecule has 0 saturated carbocycles. The summed E-state index contributed by atoms with van der Waals surface area (Å²) in [6, 6.07) is 10.9. The van der Waals surface area contributed by atoms with E-state index in [2.05, 4.69) is 10.6 Å². The van der Waals surface area contributed by atoms with E-state index in [9.17, 15) is 4.79 Å². The van der Waals surface area contributed by atoms with Crippen molar-refractivity contribution in [3.63, 3.8) is 0 Å². The zero-order valence-corrected chi connectivity index (χ0v) is 13.5. The number of hydrogen-bond acceptors (Lipinski definition) is 3. The number of nitrogens with two attached hydrogens (primary N) is 1. The van der Waals surface area contributed by atoms with Gasteiger partial charge in [-0.15, -0.1) is 11.3 Å². The number of hydrogen-bond donors (Lipinski definition) is 3. The van der Waals surface area contributed by atoms with Crippen LogP contribution < -0.4 is 16.4 Å². The lowest BCUT2D eigenvalue weighted by Crippen LogP contribution is -2.30. The highest BCUT2D eigenvalue weighted by Gasteiger charge is 2.11. The van der Waals surface area contributed by atoms with Crippen LogP contribution in [0.5, 0.6) is 0 Å². The Morgan fingerprint density at radius 1 is 1.19 bits per heavy atom. The van der Waals surface area contributed by atoms with E-state index in [4.69, 9.17) is 17.3 Å². The Morgan fingerprint density at radius 3 is 2.38 bits per heavy atom. The predicted molar refractivity (Wildman–Crippen MR) is 88.9 cm³/mol. The molecule has 21 heavy (non-hydrogen) atoms. The van der Waals surface area contributed by atoms with E-state index in [0.29, 0.717) is 4.34 Å². The molecule has 1 aromatic carbocycles. The van der Waals surface area contributed by atoms with Crippen LogP contribution >= 0.6 is 22.9 Å². The average Bonchev–Trinajstić information content (AvgIpc) is 2.86. The van der Waals surface area contributed by atoms with Gasteiger partial charge in [0.15, 0.2) is 0 Å². The minimum absolute atomic E-state index is 0.0172. The van der Waals surface area contributed by atoms with Crippen LogP contribution in [-0.2, 0) is 0 Å². The average molecular weight is 324 g/mol. The molecule has 2 amide bonds. The van der Waals surface area contributed by atoms with E-state index >= 15 is 0 Å². The van der Waals surface area contributed by atoms with Crippen molar-refractivity contribution in [2.75, 3.05) is 5.32 Å². The van der Waals surface area contributed by atoms with Gasteiger partial charge in [-0.05, 0) is 43.7 Å². The Labute approximate surface area is 133 Å². The van der Waals surface area contributed by atoms with Crippen LogP contribution in [0.25, 0.3) is 0 Å². The van der Waals surface area contributed by atoms with Crippen LogP contribution in [-0.4, -0.2) is 6.03 Å². The zero-order valence-electron chi connectivity index (χ0n) is 11.9. The van der Waals surface area contributed by atoms with Gasteiger partial charge in [0, 0.05) is 16.6 Å². The molecule has 0 spiro atoms. The number of urea groups is 1. The van der Waals surface area contributed by atoms with Crippen LogP contribution in [0.3, 0.4) is 0 Å². The second-order valence-electron chi connectivity index (χ2n) is 4.87. The molecule has 1 heterocycles. The molecule has 4 N–H and O–H groups in total. The summed E-state index contributed by atoms with van der Waals surface area (Å²) in [5, 5.41) is 5.67. The molecule has 112 valence electrons. The lowest BCUT2D eigenvalue weighted by atomic mass is 10.1. The van der Waals surface area contributed by atoms with Crippen molar-refractivity contribution in [2.45, 2.75) is 25.9 Å². The van der Waals surface area contributed by atoms with Gasteiger partial charge in [0.2, 0.25) is 0 Å². The maximum Gasteiger partial charge on any atom is 0.319 e. The second-order valence-corrected chi connectivity index (χ2v) is 6.62. The molecule has 6 heteroatoms. The van der Waals surface area contributed by atoms with Gasteiger partial charge in [-0.3, -0.25) is 0 Å². The number of amides is 2. The lowest BCUT2D eigenvalue weighted by molar-refractivity contribution is 0.249. The molecule has 2 rings (SSSR count). The Hall–Kier alpha value is -1.56. The van der Waals surface area contributed by atoms with Crippen LogP contribution in [0.2, 0.25) is 4.34 Å². The van der Waals surface area contributed by atoms with E-state index in [1.165, 1.54) is 11.3 Å². The fourth-order valence-corrected chi connectivity index (χ4v) is 2.93. The van der Waals surface area contributed by atoms with Crippen LogP contribution in [0.4, 0.5) is 10.5 Å². The lowest BCUT2D eigenvalue weighted by Gasteiger charge is -2.13. The normalized spacial score (nSPS) is 13.5. The monoisotopic (exact) mass is 323 g/mol. The van der Waals surface area contributed by atoms with E-state index < -0.39 is 0 Å². The number of nitrogens with one attached hydrogen (secondary N) is 2. The van der Waals surface area contributed by atoms with Gasteiger partial charge in [-0.2, -0.15) is 0 Å². The molecule has 0 aliphatic heterocycles. The van der Waals surface area contributed by atoms with E-state index in [1.807, 2.05) is 50.2 Å². The first kappa shape index (κ1) is 15.8. The number of rotatable bonds is 4. The summed E-state index contributed by atoms with van der Waals surface area (Å²) in [6.45, 7) is 3.84. The van der Waals surface area contributed by atoms with Gasteiger partial charge >= 0.3 is 6.03 Å². The quantitative estimate of drug-likeness (QED) is 0.785. The number of carbonyl (C=O) groups excluding carboxylic acids is 1. The molecule has 2 aromatic rings. The molecular formula is C15H18ClN3OS. The van der Waals surface area contributed by atoms with Crippen molar-refractivity contribution >= 4 is 34.7 Å². The van der Waals surface area contributed by atoms with Gasteiger partial charge in [-0.25, -0.2) is 4.79 Å². The van der Waals surface area contributed by atoms with Crippen molar-refractivity contribution in [3.8, 4) is 0 Å². The Balaban J connectivity index is 1.92. The first-order valence-electron chi connectivity index (χ1n) is 6.64. The fraction of sp³-hybridized carbons (Fsp3) is 0.267. The molecular weight excluding hydrogens is 306 g/mol. The van der Waals surface area contributed by atoms with Crippen molar-refractivity contribution in [2.24, 2.45) is 5.73 Å². The molecule has 0 aliphatic rings. The number of anilines is 1. The highest BCUT2D eigenvalue weighted by molar-refractivity contribution is 7.16. The molecule has 2 unspecified atom stereocenters. The Bertz CT molecular complexity index is 610. The minimum atomic E-state index is -0.249. The number of carbonyl (C=O) groups is 1. The smallest absolute Gasteiger partial charge is 0.319 e. The van der Waals surface area contributed by atoms with Gasteiger partial charge in [0.05, 0.1) is 10.4 Å². The largest absolute Gasteiger partial charge is 0.331 e.